The van der Waals surface area contributed by atoms with Gasteiger partial charge in [-0.1, -0.05) is 12.5 Å². The van der Waals surface area contributed by atoms with Crippen molar-refractivity contribution in [1.82, 2.24) is 5.32 Å². The van der Waals surface area contributed by atoms with Crippen LogP contribution in [-0.2, 0) is 14.3 Å². The number of methoxy groups -OCH3 is 1. The fourth-order valence-corrected chi connectivity index (χ4v) is 2.61. The minimum Gasteiger partial charge on any atom is -0.466 e. The Morgan fingerprint density at radius 1 is 1.16 bits per heavy atom. The number of esters is 1. The summed E-state index contributed by atoms with van der Waals surface area (Å²) in [6.45, 7) is 2.32. The van der Waals surface area contributed by atoms with Gasteiger partial charge in [0.1, 0.15) is 0 Å². The Kier molecular flexibility index (Phi) is 6.21. The van der Waals surface area contributed by atoms with Crippen LogP contribution in [0, 0.1) is 5.41 Å². The maximum Gasteiger partial charge on any atom is 0.411 e. The average Bonchev–Trinajstić information content (AvgIpc) is 2.54. The van der Waals surface area contributed by atoms with Crippen LogP contribution in [0.15, 0.2) is 24.3 Å². The summed E-state index contributed by atoms with van der Waals surface area (Å²) in [5.41, 5.74) is 0.388. The first-order valence-corrected chi connectivity index (χ1v) is 8.16. The molecule has 0 saturated heterocycles. The summed E-state index contributed by atoms with van der Waals surface area (Å²) in [4.78, 5) is 35.3. The number of rotatable bonds is 6. The van der Waals surface area contributed by atoms with E-state index in [2.05, 4.69) is 20.7 Å². The van der Waals surface area contributed by atoms with Crippen molar-refractivity contribution in [2.75, 3.05) is 30.9 Å². The fraction of sp³-hybridized carbons (Fsp3) is 0.471. The van der Waals surface area contributed by atoms with Gasteiger partial charge >= 0.3 is 18.1 Å². The SMILES string of the molecule is CCOC(=O)C1(CNC(=O)Nc2cccc(NC(=O)OC)c2)CCC1. The molecule has 1 aliphatic carbocycles. The van der Waals surface area contributed by atoms with Crippen molar-refractivity contribution in [2.45, 2.75) is 26.2 Å². The molecule has 0 unspecified atom stereocenters. The molecule has 25 heavy (non-hydrogen) atoms. The van der Waals surface area contributed by atoms with Crippen LogP contribution in [0.25, 0.3) is 0 Å². The molecule has 1 saturated carbocycles. The van der Waals surface area contributed by atoms with E-state index in [-0.39, 0.29) is 12.5 Å². The maximum absolute atomic E-state index is 12.1. The van der Waals surface area contributed by atoms with Gasteiger partial charge in [0, 0.05) is 17.9 Å². The van der Waals surface area contributed by atoms with Gasteiger partial charge in [-0.05, 0) is 38.0 Å². The van der Waals surface area contributed by atoms with Crippen molar-refractivity contribution in [3.8, 4) is 0 Å². The first kappa shape index (κ1) is 18.6. The highest BCUT2D eigenvalue weighted by molar-refractivity contribution is 5.91. The van der Waals surface area contributed by atoms with E-state index in [9.17, 15) is 14.4 Å². The molecule has 1 aromatic rings. The summed E-state index contributed by atoms with van der Waals surface area (Å²) in [5, 5.41) is 7.91. The molecule has 3 N–H and O–H groups in total. The number of carbonyl (C=O) groups excluding carboxylic acids is 3. The normalized spacial score (nSPS) is 14.6. The lowest BCUT2D eigenvalue weighted by Crippen LogP contribution is -2.49. The molecule has 0 radical (unpaired) electrons. The third-order valence-corrected chi connectivity index (χ3v) is 4.16. The molecule has 2 rings (SSSR count). The molecule has 0 aromatic heterocycles. The number of hydrogen-bond donors (Lipinski definition) is 3. The van der Waals surface area contributed by atoms with E-state index < -0.39 is 17.5 Å². The molecule has 0 spiro atoms. The average molecular weight is 349 g/mol. The molecule has 0 atom stereocenters. The molecule has 3 amide bonds. The second kappa shape index (κ2) is 8.36. The Labute approximate surface area is 146 Å². The minimum absolute atomic E-state index is 0.234. The first-order valence-electron chi connectivity index (χ1n) is 8.16. The number of benzene rings is 1. The lowest BCUT2D eigenvalue weighted by molar-refractivity contribution is -0.160. The number of nitrogens with one attached hydrogen (secondary N) is 3. The standard InChI is InChI=1S/C17H23N3O5/c1-3-25-14(21)17(8-5-9-17)11-18-15(22)19-12-6-4-7-13(10-12)20-16(23)24-2/h4,6-7,10H,3,5,8-9,11H2,1-2H3,(H,20,23)(H2,18,19,22). The van der Waals surface area contributed by atoms with Crippen LogP contribution in [0.4, 0.5) is 21.0 Å². The van der Waals surface area contributed by atoms with Crippen LogP contribution in [0.2, 0.25) is 0 Å². The molecule has 1 aliphatic rings. The highest BCUT2D eigenvalue weighted by Gasteiger charge is 2.45. The minimum atomic E-state index is -0.609. The van der Waals surface area contributed by atoms with E-state index in [1.165, 1.54) is 7.11 Å². The van der Waals surface area contributed by atoms with Gasteiger partial charge in [0.25, 0.3) is 0 Å². The van der Waals surface area contributed by atoms with Crippen molar-refractivity contribution in [2.24, 2.45) is 5.41 Å². The monoisotopic (exact) mass is 349 g/mol. The number of ether oxygens (including phenoxy) is 2. The molecular formula is C17H23N3O5. The number of anilines is 2. The van der Waals surface area contributed by atoms with Crippen LogP contribution >= 0.6 is 0 Å². The van der Waals surface area contributed by atoms with E-state index in [1.807, 2.05) is 0 Å². The summed E-state index contributed by atoms with van der Waals surface area (Å²) >= 11 is 0. The molecule has 136 valence electrons. The van der Waals surface area contributed by atoms with Gasteiger partial charge in [-0.25, -0.2) is 9.59 Å². The lowest BCUT2D eigenvalue weighted by atomic mass is 9.68. The van der Waals surface area contributed by atoms with Crippen molar-refractivity contribution < 1.29 is 23.9 Å². The van der Waals surface area contributed by atoms with Crippen molar-refractivity contribution in [3.63, 3.8) is 0 Å². The summed E-state index contributed by atoms with van der Waals surface area (Å²) in [6, 6.07) is 6.22. The zero-order chi connectivity index (χ0) is 18.3. The molecule has 0 heterocycles. The quantitative estimate of drug-likeness (QED) is 0.685. The number of amides is 3. The fourth-order valence-electron chi connectivity index (χ4n) is 2.61. The molecular weight excluding hydrogens is 326 g/mol. The number of urea groups is 1. The predicted octanol–water partition coefficient (Wildman–Crippen LogP) is 2.72. The van der Waals surface area contributed by atoms with Gasteiger partial charge in [-0.3, -0.25) is 10.1 Å². The van der Waals surface area contributed by atoms with Gasteiger partial charge in [-0.2, -0.15) is 0 Å². The third-order valence-electron chi connectivity index (χ3n) is 4.16. The summed E-state index contributed by atoms with van der Waals surface area (Å²) in [7, 11) is 1.27. The maximum atomic E-state index is 12.1. The first-order chi connectivity index (χ1) is 12.0. The molecule has 0 aliphatic heterocycles. The second-order valence-electron chi connectivity index (χ2n) is 5.86. The lowest BCUT2D eigenvalue weighted by Gasteiger charge is -2.39. The zero-order valence-corrected chi connectivity index (χ0v) is 14.4. The van der Waals surface area contributed by atoms with E-state index in [0.29, 0.717) is 30.8 Å². The zero-order valence-electron chi connectivity index (χ0n) is 14.4. The Morgan fingerprint density at radius 3 is 2.40 bits per heavy atom. The van der Waals surface area contributed by atoms with Gasteiger partial charge in [0.05, 0.1) is 19.1 Å². The highest BCUT2D eigenvalue weighted by Crippen LogP contribution is 2.41. The van der Waals surface area contributed by atoms with Crippen molar-refractivity contribution in [3.05, 3.63) is 24.3 Å². The predicted molar refractivity (Wildman–Crippen MR) is 92.4 cm³/mol. The van der Waals surface area contributed by atoms with Crippen LogP contribution in [0.1, 0.15) is 26.2 Å². The van der Waals surface area contributed by atoms with Crippen LogP contribution in [0.3, 0.4) is 0 Å². The van der Waals surface area contributed by atoms with E-state index >= 15 is 0 Å². The summed E-state index contributed by atoms with van der Waals surface area (Å²) in [6.07, 6.45) is 1.78. The molecule has 8 nitrogen and oxygen atoms in total. The number of hydrogen-bond acceptors (Lipinski definition) is 5. The molecule has 0 bridgehead atoms. The van der Waals surface area contributed by atoms with Gasteiger partial charge in [0.15, 0.2) is 0 Å². The van der Waals surface area contributed by atoms with Crippen molar-refractivity contribution >= 4 is 29.5 Å². The van der Waals surface area contributed by atoms with Crippen LogP contribution in [0.5, 0.6) is 0 Å². The second-order valence-corrected chi connectivity index (χ2v) is 5.86. The molecule has 8 heteroatoms. The molecule has 1 aromatic carbocycles. The summed E-state index contributed by atoms with van der Waals surface area (Å²) < 4.78 is 9.62. The largest absolute Gasteiger partial charge is 0.466 e. The number of carbonyl (C=O) groups is 3. The topological polar surface area (TPSA) is 106 Å². The summed E-state index contributed by atoms with van der Waals surface area (Å²) in [5.74, 6) is -0.258. The Bertz CT molecular complexity index is 643. The van der Waals surface area contributed by atoms with Crippen LogP contribution in [-0.4, -0.2) is 38.4 Å². The van der Waals surface area contributed by atoms with E-state index in [4.69, 9.17) is 4.74 Å². The van der Waals surface area contributed by atoms with E-state index in [1.54, 1.807) is 31.2 Å². The Morgan fingerprint density at radius 2 is 1.84 bits per heavy atom. The highest BCUT2D eigenvalue weighted by atomic mass is 16.5. The Balaban J connectivity index is 1.89. The smallest absolute Gasteiger partial charge is 0.411 e. The van der Waals surface area contributed by atoms with Gasteiger partial charge in [-0.15, -0.1) is 0 Å². The van der Waals surface area contributed by atoms with Gasteiger partial charge in [0.2, 0.25) is 0 Å². The van der Waals surface area contributed by atoms with Gasteiger partial charge < -0.3 is 20.1 Å². The van der Waals surface area contributed by atoms with Crippen molar-refractivity contribution in [1.29, 1.82) is 0 Å². The molecule has 1 fully saturated rings. The Hall–Kier alpha value is -2.77. The van der Waals surface area contributed by atoms with Crippen LogP contribution < -0.4 is 16.0 Å². The third kappa shape index (κ3) is 4.85. The van der Waals surface area contributed by atoms with E-state index in [0.717, 1.165) is 6.42 Å².